The zero-order valence-electron chi connectivity index (χ0n) is 19.0. The number of hydrogen-bond acceptors (Lipinski definition) is 5. The first-order valence-electron chi connectivity index (χ1n) is 11.2. The first kappa shape index (κ1) is 24.3. The number of methoxy groups -OCH3 is 1. The van der Waals surface area contributed by atoms with E-state index in [1.165, 1.54) is 11.1 Å². The Labute approximate surface area is 195 Å². The van der Waals surface area contributed by atoms with Crippen molar-refractivity contribution in [3.05, 3.63) is 95.6 Å². The van der Waals surface area contributed by atoms with Crippen molar-refractivity contribution in [1.82, 2.24) is 4.90 Å². The fraction of sp³-hybridized carbons (Fsp3) is 0.296. The van der Waals surface area contributed by atoms with Crippen LogP contribution in [-0.4, -0.2) is 35.9 Å². The maximum atomic E-state index is 10.9. The van der Waals surface area contributed by atoms with Gasteiger partial charge in [0, 0.05) is 19.6 Å². The van der Waals surface area contributed by atoms with Gasteiger partial charge in [-0.05, 0) is 60.2 Å². The molecule has 0 saturated heterocycles. The predicted octanol–water partition coefficient (Wildman–Crippen LogP) is 4.54. The van der Waals surface area contributed by atoms with Gasteiger partial charge in [0.2, 0.25) is 0 Å². The number of aryl methyl sites for hydroxylation is 1. The maximum absolute atomic E-state index is 10.9. The number of nitrogens with two attached hydrogens (primary N) is 1. The minimum Gasteiger partial charge on any atom is -0.497 e. The van der Waals surface area contributed by atoms with E-state index >= 15 is 0 Å². The van der Waals surface area contributed by atoms with Crippen LogP contribution in [0.3, 0.4) is 0 Å². The van der Waals surface area contributed by atoms with Gasteiger partial charge in [0.05, 0.1) is 13.2 Å². The largest absolute Gasteiger partial charge is 0.497 e. The molecule has 33 heavy (non-hydrogen) atoms. The number of benzene rings is 3. The van der Waals surface area contributed by atoms with Crippen LogP contribution in [0, 0.1) is 0 Å². The number of rotatable bonds is 12. The highest BCUT2D eigenvalue weighted by atomic mass is 16.5. The Morgan fingerprint density at radius 1 is 0.848 bits per heavy atom. The molecule has 174 valence electrons. The van der Waals surface area contributed by atoms with Crippen LogP contribution in [0.4, 0.5) is 4.79 Å². The first-order chi connectivity index (χ1) is 16.0. The molecule has 0 spiro atoms. The second-order valence-electron chi connectivity index (χ2n) is 8.09. The summed E-state index contributed by atoms with van der Waals surface area (Å²) in [7, 11) is 1.66. The molecule has 0 aliphatic rings. The number of carbonyl (C=O) groups excluding carboxylic acids is 1. The fourth-order valence-electron chi connectivity index (χ4n) is 3.69. The zero-order chi connectivity index (χ0) is 23.5. The smallest absolute Gasteiger partial charge is 0.409 e. The number of primary amides is 1. The van der Waals surface area contributed by atoms with Crippen molar-refractivity contribution < 1.29 is 19.4 Å². The second-order valence-corrected chi connectivity index (χ2v) is 8.09. The number of hydrogen-bond donors (Lipinski definition) is 2. The van der Waals surface area contributed by atoms with Crippen LogP contribution in [0.1, 0.15) is 29.5 Å². The average molecular weight is 449 g/mol. The van der Waals surface area contributed by atoms with E-state index in [4.69, 9.17) is 15.2 Å². The summed E-state index contributed by atoms with van der Waals surface area (Å²) in [6.45, 7) is 2.20. The first-order valence-corrected chi connectivity index (χ1v) is 11.2. The van der Waals surface area contributed by atoms with Gasteiger partial charge >= 0.3 is 6.09 Å². The number of ether oxygens (including phenoxy) is 2. The summed E-state index contributed by atoms with van der Waals surface area (Å²) in [5, 5.41) is 10.6. The van der Waals surface area contributed by atoms with Crippen molar-refractivity contribution in [3.63, 3.8) is 0 Å². The predicted molar refractivity (Wildman–Crippen MR) is 129 cm³/mol. The van der Waals surface area contributed by atoms with E-state index in [0.29, 0.717) is 18.7 Å². The molecule has 0 saturated carbocycles. The van der Waals surface area contributed by atoms with Gasteiger partial charge in [-0.2, -0.15) is 0 Å². The molecule has 0 aliphatic heterocycles. The molecular weight excluding hydrogens is 416 g/mol. The fourth-order valence-corrected chi connectivity index (χ4v) is 3.69. The lowest BCUT2D eigenvalue weighted by atomic mass is 10.0. The number of carbonyl (C=O) groups is 1. The number of aliphatic hydroxyl groups is 1. The molecule has 0 aromatic heterocycles. The molecule has 3 aromatic carbocycles. The average Bonchev–Trinajstić information content (AvgIpc) is 2.83. The third-order valence-corrected chi connectivity index (χ3v) is 5.50. The van der Waals surface area contributed by atoms with Gasteiger partial charge in [0.15, 0.2) is 0 Å². The van der Waals surface area contributed by atoms with Gasteiger partial charge in [-0.1, -0.05) is 54.6 Å². The molecule has 3 aromatic rings. The van der Waals surface area contributed by atoms with Crippen LogP contribution < -0.4 is 15.2 Å². The minimum atomic E-state index is -0.826. The molecule has 0 heterocycles. The van der Waals surface area contributed by atoms with E-state index < -0.39 is 6.09 Å². The molecule has 0 unspecified atom stereocenters. The third-order valence-electron chi connectivity index (χ3n) is 5.50. The van der Waals surface area contributed by atoms with E-state index in [0.717, 1.165) is 37.2 Å². The monoisotopic (exact) mass is 448 g/mol. The Morgan fingerprint density at radius 2 is 1.42 bits per heavy atom. The minimum absolute atomic E-state index is 0.366. The Balaban J connectivity index is 1.60. The van der Waals surface area contributed by atoms with Crippen molar-refractivity contribution in [2.75, 3.05) is 13.7 Å². The van der Waals surface area contributed by atoms with Crippen LogP contribution in [-0.2, 0) is 19.5 Å². The van der Waals surface area contributed by atoms with E-state index in [2.05, 4.69) is 29.2 Å². The number of nitrogens with zero attached hydrogens (tertiary/aromatic N) is 1. The van der Waals surface area contributed by atoms with Crippen LogP contribution in [0.15, 0.2) is 78.9 Å². The van der Waals surface area contributed by atoms with Gasteiger partial charge in [-0.3, -0.25) is 4.90 Å². The summed E-state index contributed by atoms with van der Waals surface area (Å²) in [5.41, 5.74) is 8.57. The van der Waals surface area contributed by atoms with Crippen molar-refractivity contribution in [3.8, 4) is 11.5 Å². The van der Waals surface area contributed by atoms with Gasteiger partial charge in [-0.25, -0.2) is 4.79 Å². The molecule has 0 bridgehead atoms. The van der Waals surface area contributed by atoms with Crippen molar-refractivity contribution in [2.45, 2.75) is 38.5 Å². The summed E-state index contributed by atoms with van der Waals surface area (Å²) < 4.78 is 10.2. The molecule has 1 amide bonds. The molecule has 0 radical (unpaired) electrons. The maximum Gasteiger partial charge on any atom is 0.409 e. The number of amides is 1. The Bertz CT molecular complexity index is 975. The molecule has 0 aliphatic carbocycles. The Morgan fingerprint density at radius 3 is 1.97 bits per heavy atom. The van der Waals surface area contributed by atoms with Crippen molar-refractivity contribution in [2.24, 2.45) is 5.73 Å². The normalized spacial score (nSPS) is 11.8. The highest BCUT2D eigenvalue weighted by molar-refractivity contribution is 5.68. The highest BCUT2D eigenvalue weighted by Gasteiger charge is 2.12. The summed E-state index contributed by atoms with van der Waals surface area (Å²) in [6.07, 6.45) is 1.09. The van der Waals surface area contributed by atoms with Gasteiger partial charge in [0.25, 0.3) is 0 Å². The van der Waals surface area contributed by atoms with Gasteiger partial charge < -0.3 is 20.3 Å². The quantitative estimate of drug-likeness (QED) is 0.425. The van der Waals surface area contributed by atoms with Gasteiger partial charge in [-0.15, -0.1) is 0 Å². The highest BCUT2D eigenvalue weighted by Crippen LogP contribution is 2.18. The standard InChI is InChI=1S/C27H32N2O4/c1-32-25-13-8-22(9-14-25)19-29(20-23-10-15-26(16-11-23)33-27(28)31)18-17-24(30)12-7-21-5-3-2-4-6-21/h2-6,8-11,13-16,24,30H,7,12,17-20H2,1H3,(H2,28,31)/t24-/m1/s1. The molecule has 3 N–H and O–H groups in total. The van der Waals surface area contributed by atoms with Crippen molar-refractivity contribution in [1.29, 1.82) is 0 Å². The summed E-state index contributed by atoms with van der Waals surface area (Å²) >= 11 is 0. The van der Waals surface area contributed by atoms with Gasteiger partial charge in [0.1, 0.15) is 11.5 Å². The van der Waals surface area contributed by atoms with Crippen molar-refractivity contribution >= 4 is 6.09 Å². The second kappa shape index (κ2) is 12.6. The van der Waals surface area contributed by atoms with E-state index in [1.54, 1.807) is 19.2 Å². The summed E-state index contributed by atoms with van der Waals surface area (Å²) in [5.74, 6) is 1.25. The topological polar surface area (TPSA) is 85.0 Å². The van der Waals surface area contributed by atoms with Crippen LogP contribution >= 0.6 is 0 Å². The number of aliphatic hydroxyl groups excluding tert-OH is 1. The lowest BCUT2D eigenvalue weighted by Gasteiger charge is -2.24. The molecular formula is C27H32N2O4. The lowest BCUT2D eigenvalue weighted by molar-refractivity contribution is 0.128. The van der Waals surface area contributed by atoms with E-state index in [9.17, 15) is 9.90 Å². The zero-order valence-corrected chi connectivity index (χ0v) is 19.0. The van der Waals surface area contributed by atoms with Crippen LogP contribution in [0.2, 0.25) is 0 Å². The molecule has 3 rings (SSSR count). The SMILES string of the molecule is COc1ccc(CN(CC[C@H](O)CCc2ccccc2)Cc2ccc(OC(N)=O)cc2)cc1. The lowest BCUT2D eigenvalue weighted by Crippen LogP contribution is -2.27. The molecule has 0 fully saturated rings. The summed E-state index contributed by atoms with van der Waals surface area (Å²) in [6, 6.07) is 25.6. The molecule has 1 atom stereocenters. The summed E-state index contributed by atoms with van der Waals surface area (Å²) in [4.78, 5) is 13.2. The Kier molecular flexibility index (Phi) is 9.30. The van der Waals surface area contributed by atoms with Crippen LogP contribution in [0.25, 0.3) is 0 Å². The molecule has 6 nitrogen and oxygen atoms in total. The Hall–Kier alpha value is -3.35. The third kappa shape index (κ3) is 8.60. The van der Waals surface area contributed by atoms with E-state index in [1.807, 2.05) is 42.5 Å². The van der Waals surface area contributed by atoms with Crippen LogP contribution in [0.5, 0.6) is 11.5 Å². The molecule has 6 heteroatoms. The van der Waals surface area contributed by atoms with E-state index in [-0.39, 0.29) is 6.10 Å².